The summed E-state index contributed by atoms with van der Waals surface area (Å²) < 4.78 is 1.85. The smallest absolute Gasteiger partial charge is 0.303 e. The number of aryl methyl sites for hydroxylation is 1. The van der Waals surface area contributed by atoms with Crippen molar-refractivity contribution in [1.29, 1.82) is 0 Å². The Morgan fingerprint density at radius 3 is 2.24 bits per heavy atom. The monoisotopic (exact) mass is 492 g/mol. The molecule has 0 spiro atoms. The van der Waals surface area contributed by atoms with E-state index in [-0.39, 0.29) is 31.2 Å². The van der Waals surface area contributed by atoms with E-state index in [1.807, 2.05) is 90.6 Å². The molecule has 7 nitrogen and oxygen atoms in total. The van der Waals surface area contributed by atoms with Gasteiger partial charge in [-0.2, -0.15) is 10.2 Å². The van der Waals surface area contributed by atoms with E-state index in [0.29, 0.717) is 6.42 Å². The number of para-hydroxylation sites is 1. The fourth-order valence-electron chi connectivity index (χ4n) is 4.57. The van der Waals surface area contributed by atoms with Crippen LogP contribution in [0.2, 0.25) is 0 Å². The van der Waals surface area contributed by atoms with E-state index in [4.69, 9.17) is 15.3 Å². The molecule has 2 heterocycles. The van der Waals surface area contributed by atoms with Gasteiger partial charge in [-0.15, -0.1) is 0 Å². The predicted molar refractivity (Wildman–Crippen MR) is 142 cm³/mol. The van der Waals surface area contributed by atoms with Crippen molar-refractivity contribution in [2.45, 2.75) is 38.6 Å². The Kier molecular flexibility index (Phi) is 6.94. The van der Waals surface area contributed by atoms with Crippen LogP contribution in [-0.4, -0.2) is 37.5 Å². The minimum atomic E-state index is -0.912. The maximum Gasteiger partial charge on any atom is 0.303 e. The molecule has 0 unspecified atom stereocenters. The van der Waals surface area contributed by atoms with Gasteiger partial charge in [0.15, 0.2) is 0 Å². The van der Waals surface area contributed by atoms with E-state index < -0.39 is 5.97 Å². The predicted octanol–water partition coefficient (Wildman–Crippen LogP) is 5.78. The molecule has 37 heavy (non-hydrogen) atoms. The summed E-state index contributed by atoms with van der Waals surface area (Å²) in [6.07, 6.45) is 2.84. The van der Waals surface area contributed by atoms with Crippen LogP contribution in [0.15, 0.2) is 96.2 Å². The normalized spacial score (nSPS) is 15.0. The van der Waals surface area contributed by atoms with Crippen LogP contribution in [0.4, 0.5) is 0 Å². The van der Waals surface area contributed by atoms with Crippen molar-refractivity contribution in [1.82, 2.24) is 14.8 Å². The number of carbonyl (C=O) groups excluding carboxylic acids is 1. The molecule has 0 saturated heterocycles. The highest BCUT2D eigenvalue weighted by Crippen LogP contribution is 2.38. The zero-order valence-corrected chi connectivity index (χ0v) is 20.6. The lowest BCUT2D eigenvalue weighted by Crippen LogP contribution is -2.27. The van der Waals surface area contributed by atoms with Gasteiger partial charge in [0.2, 0.25) is 5.91 Å². The third kappa shape index (κ3) is 5.35. The van der Waals surface area contributed by atoms with Crippen LogP contribution in [0.3, 0.4) is 0 Å². The summed E-state index contributed by atoms with van der Waals surface area (Å²) in [6.45, 7) is 2.04. The Morgan fingerprint density at radius 1 is 0.892 bits per heavy atom. The van der Waals surface area contributed by atoms with Gasteiger partial charge in [-0.3, -0.25) is 9.59 Å². The Hall–Kier alpha value is -4.52. The molecular formula is C30H28N4O3. The number of nitrogens with zero attached hydrogens (tertiary/aromatic N) is 4. The third-order valence-corrected chi connectivity index (χ3v) is 6.50. The van der Waals surface area contributed by atoms with Crippen LogP contribution in [0, 0.1) is 6.92 Å². The lowest BCUT2D eigenvalue weighted by atomic mass is 9.96. The summed E-state index contributed by atoms with van der Waals surface area (Å²) in [5, 5.41) is 20.3. The van der Waals surface area contributed by atoms with Gasteiger partial charge in [-0.25, -0.2) is 9.69 Å². The van der Waals surface area contributed by atoms with Crippen molar-refractivity contribution in [2.75, 3.05) is 0 Å². The molecule has 1 aliphatic heterocycles. The van der Waals surface area contributed by atoms with E-state index >= 15 is 0 Å². The first-order valence-corrected chi connectivity index (χ1v) is 12.4. The van der Waals surface area contributed by atoms with Crippen molar-refractivity contribution in [3.63, 3.8) is 0 Å². The number of aromatic nitrogens is 2. The quantitative estimate of drug-likeness (QED) is 0.338. The van der Waals surface area contributed by atoms with Crippen LogP contribution < -0.4 is 0 Å². The number of hydrogen-bond donors (Lipinski definition) is 1. The summed E-state index contributed by atoms with van der Waals surface area (Å²) in [5.41, 5.74) is 6.50. The number of carbonyl (C=O) groups is 2. The fourth-order valence-corrected chi connectivity index (χ4v) is 4.57. The molecule has 0 saturated carbocycles. The number of benzene rings is 3. The van der Waals surface area contributed by atoms with Gasteiger partial charge < -0.3 is 5.11 Å². The highest BCUT2D eigenvalue weighted by atomic mass is 16.4. The van der Waals surface area contributed by atoms with Gasteiger partial charge in [0.1, 0.15) is 0 Å². The summed E-state index contributed by atoms with van der Waals surface area (Å²) in [5.74, 6) is -1.11. The van der Waals surface area contributed by atoms with Crippen LogP contribution in [0.5, 0.6) is 0 Å². The van der Waals surface area contributed by atoms with Gasteiger partial charge in [-0.05, 0) is 31.0 Å². The number of aliphatic carboxylic acids is 1. The van der Waals surface area contributed by atoms with E-state index in [1.54, 1.807) is 0 Å². The summed E-state index contributed by atoms with van der Waals surface area (Å²) in [7, 11) is 0. The second kappa shape index (κ2) is 10.6. The van der Waals surface area contributed by atoms with Crippen LogP contribution in [-0.2, 0) is 9.59 Å². The molecular weight excluding hydrogens is 464 g/mol. The topological polar surface area (TPSA) is 87.8 Å². The van der Waals surface area contributed by atoms with Gasteiger partial charge in [0.25, 0.3) is 0 Å². The first-order chi connectivity index (χ1) is 18.0. The average Bonchev–Trinajstić information content (AvgIpc) is 3.55. The van der Waals surface area contributed by atoms with Gasteiger partial charge in [0.05, 0.1) is 23.1 Å². The fraction of sp³-hybridized carbons (Fsp3) is 0.200. The van der Waals surface area contributed by atoms with Crippen molar-refractivity contribution in [3.8, 4) is 16.9 Å². The number of amides is 1. The molecule has 7 heteroatoms. The van der Waals surface area contributed by atoms with E-state index in [9.17, 15) is 9.59 Å². The number of carboxylic acid groups (broad SMARTS) is 1. The SMILES string of the molecule is Cc1ccc(-c2nn(-c3ccccc3)cc2[C@H]2CC(c3ccccc3)=NN2C(=O)CCCC(=O)O)cc1. The van der Waals surface area contributed by atoms with E-state index in [0.717, 1.165) is 39.3 Å². The molecule has 1 N–H and O–H groups in total. The maximum absolute atomic E-state index is 13.4. The van der Waals surface area contributed by atoms with Crippen molar-refractivity contribution >= 4 is 17.6 Å². The van der Waals surface area contributed by atoms with Gasteiger partial charge >= 0.3 is 5.97 Å². The van der Waals surface area contributed by atoms with Crippen LogP contribution >= 0.6 is 0 Å². The minimum absolute atomic E-state index is 0.0555. The number of hydrogen-bond acceptors (Lipinski definition) is 4. The number of carboxylic acids is 1. The summed E-state index contributed by atoms with van der Waals surface area (Å²) in [6, 6.07) is 27.5. The summed E-state index contributed by atoms with van der Waals surface area (Å²) >= 11 is 0. The average molecular weight is 493 g/mol. The van der Waals surface area contributed by atoms with Crippen molar-refractivity contribution in [2.24, 2.45) is 5.10 Å². The van der Waals surface area contributed by atoms with E-state index in [1.165, 1.54) is 5.01 Å². The van der Waals surface area contributed by atoms with Crippen molar-refractivity contribution in [3.05, 3.63) is 108 Å². The highest BCUT2D eigenvalue weighted by molar-refractivity contribution is 6.03. The van der Waals surface area contributed by atoms with Crippen LogP contribution in [0.25, 0.3) is 16.9 Å². The molecule has 0 bridgehead atoms. The molecule has 1 amide bonds. The molecule has 1 aromatic heterocycles. The molecule has 4 aromatic rings. The van der Waals surface area contributed by atoms with Gasteiger partial charge in [-0.1, -0.05) is 78.4 Å². The number of rotatable bonds is 8. The molecule has 3 aromatic carbocycles. The second-order valence-corrected chi connectivity index (χ2v) is 9.20. The molecule has 0 radical (unpaired) electrons. The third-order valence-electron chi connectivity index (χ3n) is 6.50. The standard InChI is InChI=1S/C30H28N4O3/c1-21-15-17-23(18-16-21)30-25(20-33(32-30)24-11-6-3-7-12-24)27-19-26(22-9-4-2-5-10-22)31-34(27)28(35)13-8-14-29(36)37/h2-7,9-12,15-18,20,27H,8,13-14,19H2,1H3,(H,36,37)/t27-/m1/s1. The first-order valence-electron chi connectivity index (χ1n) is 12.4. The lowest BCUT2D eigenvalue weighted by molar-refractivity contribution is -0.137. The second-order valence-electron chi connectivity index (χ2n) is 9.20. The molecule has 186 valence electrons. The zero-order chi connectivity index (χ0) is 25.8. The van der Waals surface area contributed by atoms with Crippen LogP contribution in [0.1, 0.15) is 48.4 Å². The maximum atomic E-state index is 13.4. The first kappa shape index (κ1) is 24.2. The van der Waals surface area contributed by atoms with Gasteiger partial charge in [0, 0.05) is 36.6 Å². The summed E-state index contributed by atoms with van der Waals surface area (Å²) in [4.78, 5) is 24.4. The molecule has 1 aliphatic rings. The largest absolute Gasteiger partial charge is 0.481 e. The van der Waals surface area contributed by atoms with Crippen molar-refractivity contribution < 1.29 is 14.7 Å². The Labute approximate surface area is 215 Å². The highest BCUT2D eigenvalue weighted by Gasteiger charge is 2.36. The Balaban J connectivity index is 1.57. The molecule has 0 fully saturated rings. The molecule has 0 aliphatic carbocycles. The zero-order valence-electron chi connectivity index (χ0n) is 20.6. The number of hydrazone groups is 1. The lowest BCUT2D eigenvalue weighted by Gasteiger charge is -2.22. The molecule has 5 rings (SSSR count). The Bertz CT molecular complexity index is 1430. The minimum Gasteiger partial charge on any atom is -0.481 e. The Morgan fingerprint density at radius 2 is 1.57 bits per heavy atom. The molecule has 1 atom stereocenters. The van der Waals surface area contributed by atoms with E-state index in [2.05, 4.69) is 12.1 Å².